The monoisotopic (exact) mass is 272 g/mol. The molecule has 20 heavy (non-hydrogen) atoms. The molecule has 2 unspecified atom stereocenters. The van der Waals surface area contributed by atoms with E-state index in [4.69, 9.17) is 5.73 Å². The summed E-state index contributed by atoms with van der Waals surface area (Å²) < 4.78 is 0. The van der Waals surface area contributed by atoms with Crippen LogP contribution in [-0.2, 0) is 17.6 Å². The zero-order chi connectivity index (χ0) is 13.9. The van der Waals surface area contributed by atoms with Crippen LogP contribution in [0.2, 0.25) is 0 Å². The Hall–Kier alpha value is -1.35. The normalized spacial score (nSPS) is 25.2. The third kappa shape index (κ3) is 2.59. The van der Waals surface area contributed by atoms with Gasteiger partial charge in [-0.15, -0.1) is 0 Å². The molecule has 3 heteroatoms. The topological polar surface area (TPSA) is 55.1 Å². The van der Waals surface area contributed by atoms with Gasteiger partial charge in [0, 0.05) is 11.6 Å². The number of nitrogens with two attached hydrogens (primary N) is 1. The molecule has 1 aromatic carbocycles. The molecule has 108 valence electrons. The van der Waals surface area contributed by atoms with E-state index < -0.39 is 0 Å². The Morgan fingerprint density at radius 3 is 2.90 bits per heavy atom. The second kappa shape index (κ2) is 5.96. The maximum Gasteiger partial charge on any atom is 0.227 e. The molecular weight excluding hydrogens is 248 g/mol. The first-order chi connectivity index (χ1) is 9.79. The summed E-state index contributed by atoms with van der Waals surface area (Å²) in [6.07, 6.45) is 7.96. The number of aryl methyl sites for hydroxylation is 1. The van der Waals surface area contributed by atoms with Gasteiger partial charge in [0.15, 0.2) is 0 Å². The van der Waals surface area contributed by atoms with E-state index in [0.29, 0.717) is 12.5 Å². The number of hydrogen-bond acceptors (Lipinski definition) is 2. The van der Waals surface area contributed by atoms with Gasteiger partial charge in [-0.05, 0) is 68.2 Å². The maximum absolute atomic E-state index is 12.5. The van der Waals surface area contributed by atoms with Crippen LogP contribution in [0.5, 0.6) is 0 Å². The van der Waals surface area contributed by atoms with Crippen LogP contribution in [-0.4, -0.2) is 12.5 Å². The van der Waals surface area contributed by atoms with Gasteiger partial charge in [-0.25, -0.2) is 0 Å². The van der Waals surface area contributed by atoms with Crippen LogP contribution in [0.25, 0.3) is 0 Å². The molecule has 1 amide bonds. The van der Waals surface area contributed by atoms with Gasteiger partial charge >= 0.3 is 0 Å². The number of rotatable bonds is 3. The summed E-state index contributed by atoms with van der Waals surface area (Å²) in [5, 5.41) is 3.18. The Labute approximate surface area is 120 Å². The summed E-state index contributed by atoms with van der Waals surface area (Å²) in [5.41, 5.74) is 9.59. The van der Waals surface area contributed by atoms with Gasteiger partial charge in [0.05, 0.1) is 0 Å². The Morgan fingerprint density at radius 2 is 2.05 bits per heavy atom. The first-order valence-electron chi connectivity index (χ1n) is 7.91. The number of nitrogens with one attached hydrogen (secondary N) is 1. The minimum Gasteiger partial charge on any atom is -0.330 e. The third-order valence-corrected chi connectivity index (χ3v) is 4.95. The van der Waals surface area contributed by atoms with E-state index in [1.54, 1.807) is 0 Å². The van der Waals surface area contributed by atoms with Crippen molar-refractivity contribution in [1.82, 2.24) is 0 Å². The first kappa shape index (κ1) is 13.6. The molecule has 3 N–H and O–H groups in total. The summed E-state index contributed by atoms with van der Waals surface area (Å²) in [4.78, 5) is 12.5. The Bertz CT molecular complexity index is 498. The number of carbonyl (C=O) groups is 1. The van der Waals surface area contributed by atoms with Crippen LogP contribution in [0.4, 0.5) is 5.69 Å². The molecular formula is C17H24N2O. The van der Waals surface area contributed by atoms with Crippen LogP contribution in [0.15, 0.2) is 18.2 Å². The summed E-state index contributed by atoms with van der Waals surface area (Å²) in [6.45, 7) is 0.630. The van der Waals surface area contributed by atoms with Gasteiger partial charge in [-0.2, -0.15) is 0 Å². The van der Waals surface area contributed by atoms with E-state index in [2.05, 4.69) is 23.5 Å². The van der Waals surface area contributed by atoms with E-state index in [1.165, 1.54) is 24.0 Å². The number of fused-ring (bicyclic) bond motifs is 1. The zero-order valence-corrected chi connectivity index (χ0v) is 12.0. The molecule has 0 spiro atoms. The molecule has 2 atom stereocenters. The van der Waals surface area contributed by atoms with Crippen molar-refractivity contribution >= 4 is 11.6 Å². The molecule has 0 aliphatic heterocycles. The number of hydrogen-bond donors (Lipinski definition) is 2. The van der Waals surface area contributed by atoms with Crippen LogP contribution < -0.4 is 11.1 Å². The lowest BCUT2D eigenvalue weighted by Crippen LogP contribution is -2.30. The van der Waals surface area contributed by atoms with Crippen molar-refractivity contribution in [3.8, 4) is 0 Å². The number of benzene rings is 1. The van der Waals surface area contributed by atoms with Gasteiger partial charge in [-0.3, -0.25) is 4.79 Å². The molecule has 2 aliphatic rings. The fraction of sp³-hybridized carbons (Fsp3) is 0.588. The highest BCUT2D eigenvalue weighted by Crippen LogP contribution is 2.33. The van der Waals surface area contributed by atoms with Crippen molar-refractivity contribution in [1.29, 1.82) is 0 Å². The summed E-state index contributed by atoms with van der Waals surface area (Å²) in [5.74, 6) is 0.658. The van der Waals surface area contributed by atoms with Crippen LogP contribution in [0.1, 0.15) is 43.2 Å². The highest BCUT2D eigenvalue weighted by Gasteiger charge is 2.32. The van der Waals surface area contributed by atoms with Crippen molar-refractivity contribution in [2.24, 2.45) is 17.6 Å². The van der Waals surface area contributed by atoms with E-state index in [1.807, 2.05) is 0 Å². The molecule has 3 rings (SSSR count). The maximum atomic E-state index is 12.5. The average Bonchev–Trinajstić information content (AvgIpc) is 2.96. The number of anilines is 1. The molecule has 0 heterocycles. The predicted octanol–water partition coefficient (Wildman–Crippen LogP) is 2.88. The molecule has 0 radical (unpaired) electrons. The lowest BCUT2D eigenvalue weighted by molar-refractivity contribution is -0.120. The summed E-state index contributed by atoms with van der Waals surface area (Å²) >= 11 is 0. The summed E-state index contributed by atoms with van der Waals surface area (Å²) in [6, 6.07) is 6.31. The minimum absolute atomic E-state index is 0.111. The van der Waals surface area contributed by atoms with Gasteiger partial charge in [0.25, 0.3) is 0 Å². The number of amides is 1. The van der Waals surface area contributed by atoms with E-state index in [0.717, 1.165) is 37.8 Å². The molecule has 0 aromatic heterocycles. The lowest BCUT2D eigenvalue weighted by atomic mass is 9.90. The molecule has 1 aromatic rings. The smallest absolute Gasteiger partial charge is 0.227 e. The van der Waals surface area contributed by atoms with Crippen LogP contribution >= 0.6 is 0 Å². The fourth-order valence-electron chi connectivity index (χ4n) is 3.79. The average molecular weight is 272 g/mol. The standard InChI is InChI=1S/C17H24N2O/c18-11-13-7-3-9-15(13)17(20)19-16-10-4-6-12-5-1-2-8-14(12)16/h4,6,10,13,15H,1-3,5,7-9,11,18H2,(H,19,20). The predicted molar refractivity (Wildman–Crippen MR) is 81.6 cm³/mol. The number of carbonyl (C=O) groups excluding carboxylic acids is 1. The Kier molecular flexibility index (Phi) is 4.06. The highest BCUT2D eigenvalue weighted by molar-refractivity contribution is 5.93. The van der Waals surface area contributed by atoms with Crippen molar-refractivity contribution < 1.29 is 4.79 Å². The van der Waals surface area contributed by atoms with Gasteiger partial charge in [-0.1, -0.05) is 18.6 Å². The highest BCUT2D eigenvalue weighted by atomic mass is 16.1. The Morgan fingerprint density at radius 1 is 1.20 bits per heavy atom. The molecule has 2 aliphatic carbocycles. The van der Waals surface area contributed by atoms with E-state index >= 15 is 0 Å². The largest absolute Gasteiger partial charge is 0.330 e. The molecule has 0 bridgehead atoms. The van der Waals surface area contributed by atoms with Crippen molar-refractivity contribution in [2.45, 2.75) is 44.9 Å². The van der Waals surface area contributed by atoms with Crippen molar-refractivity contribution in [2.75, 3.05) is 11.9 Å². The lowest BCUT2D eigenvalue weighted by Gasteiger charge is -2.22. The zero-order valence-electron chi connectivity index (χ0n) is 12.0. The second-order valence-corrected chi connectivity index (χ2v) is 6.17. The Balaban J connectivity index is 1.76. The minimum atomic E-state index is 0.111. The van der Waals surface area contributed by atoms with Gasteiger partial charge < -0.3 is 11.1 Å². The SMILES string of the molecule is NCC1CCCC1C(=O)Nc1cccc2c1CCCC2. The molecule has 0 saturated heterocycles. The molecule has 1 fully saturated rings. The van der Waals surface area contributed by atoms with Crippen LogP contribution in [0, 0.1) is 11.8 Å². The first-order valence-corrected chi connectivity index (χ1v) is 7.91. The van der Waals surface area contributed by atoms with Gasteiger partial charge in [0.1, 0.15) is 0 Å². The molecule has 1 saturated carbocycles. The molecule has 3 nitrogen and oxygen atoms in total. The van der Waals surface area contributed by atoms with E-state index in [9.17, 15) is 4.79 Å². The van der Waals surface area contributed by atoms with Crippen molar-refractivity contribution in [3.05, 3.63) is 29.3 Å². The second-order valence-electron chi connectivity index (χ2n) is 6.17. The van der Waals surface area contributed by atoms with Gasteiger partial charge in [0.2, 0.25) is 5.91 Å². The summed E-state index contributed by atoms with van der Waals surface area (Å²) in [7, 11) is 0. The fourth-order valence-corrected chi connectivity index (χ4v) is 3.79. The van der Waals surface area contributed by atoms with E-state index in [-0.39, 0.29) is 11.8 Å². The van der Waals surface area contributed by atoms with Crippen molar-refractivity contribution in [3.63, 3.8) is 0 Å². The van der Waals surface area contributed by atoms with Crippen LogP contribution in [0.3, 0.4) is 0 Å². The quantitative estimate of drug-likeness (QED) is 0.889. The third-order valence-electron chi connectivity index (χ3n) is 4.95.